The molecule has 0 fully saturated rings. The molecule has 0 bridgehead atoms. The summed E-state index contributed by atoms with van der Waals surface area (Å²) in [5, 5.41) is 5.50. The van der Waals surface area contributed by atoms with E-state index in [0.717, 1.165) is 0 Å². The molecule has 0 aliphatic heterocycles. The van der Waals surface area contributed by atoms with Gasteiger partial charge < -0.3 is 20.1 Å². The highest BCUT2D eigenvalue weighted by molar-refractivity contribution is 6.32. The van der Waals surface area contributed by atoms with Crippen molar-refractivity contribution in [3.63, 3.8) is 0 Å². The molecule has 6 nitrogen and oxygen atoms in total. The maximum absolute atomic E-state index is 12.0. The number of carbonyl (C=O) groups excluding carboxylic acids is 2. The summed E-state index contributed by atoms with van der Waals surface area (Å²) >= 11 is 5.98. The van der Waals surface area contributed by atoms with Crippen LogP contribution in [0, 0.1) is 0 Å². The summed E-state index contributed by atoms with van der Waals surface area (Å²) in [6.45, 7) is 6.80. The SMILES string of the molecule is COc1ccc(NC(=O)[C@@H](C)NC(=O)OC(C)(C)C)cc1Cl. The van der Waals surface area contributed by atoms with E-state index in [1.807, 2.05) is 0 Å². The Kier molecular flexibility index (Phi) is 6.05. The second-order valence-corrected chi connectivity index (χ2v) is 6.11. The van der Waals surface area contributed by atoms with Gasteiger partial charge in [-0.3, -0.25) is 4.79 Å². The first-order chi connectivity index (χ1) is 10.1. The zero-order valence-corrected chi connectivity index (χ0v) is 14.1. The van der Waals surface area contributed by atoms with E-state index in [1.165, 1.54) is 7.11 Å². The second kappa shape index (κ2) is 7.35. The van der Waals surface area contributed by atoms with Gasteiger partial charge in [-0.25, -0.2) is 4.79 Å². The molecule has 0 aromatic heterocycles. The average Bonchev–Trinajstić information content (AvgIpc) is 2.36. The molecule has 0 aliphatic carbocycles. The number of hydrogen-bond donors (Lipinski definition) is 2. The van der Waals surface area contributed by atoms with Gasteiger partial charge in [-0.15, -0.1) is 0 Å². The number of benzene rings is 1. The number of ether oxygens (including phenoxy) is 2. The summed E-state index contributed by atoms with van der Waals surface area (Å²) in [4.78, 5) is 23.6. The Hall–Kier alpha value is -1.95. The molecule has 0 unspecified atom stereocenters. The molecule has 0 spiro atoms. The van der Waals surface area contributed by atoms with E-state index < -0.39 is 17.7 Å². The van der Waals surface area contributed by atoms with E-state index in [-0.39, 0.29) is 5.91 Å². The highest BCUT2D eigenvalue weighted by Crippen LogP contribution is 2.27. The van der Waals surface area contributed by atoms with Crippen LogP contribution < -0.4 is 15.4 Å². The van der Waals surface area contributed by atoms with Gasteiger partial charge in [0.25, 0.3) is 0 Å². The minimum atomic E-state index is -0.754. The van der Waals surface area contributed by atoms with E-state index in [9.17, 15) is 9.59 Å². The van der Waals surface area contributed by atoms with Crippen molar-refractivity contribution in [3.8, 4) is 5.75 Å². The van der Waals surface area contributed by atoms with Crippen LogP contribution in [0.4, 0.5) is 10.5 Å². The fourth-order valence-electron chi connectivity index (χ4n) is 1.54. The lowest BCUT2D eigenvalue weighted by atomic mass is 10.2. The van der Waals surface area contributed by atoms with E-state index in [1.54, 1.807) is 45.9 Å². The number of carbonyl (C=O) groups is 2. The van der Waals surface area contributed by atoms with E-state index in [4.69, 9.17) is 21.1 Å². The lowest BCUT2D eigenvalue weighted by Crippen LogP contribution is -2.43. The molecule has 0 saturated carbocycles. The standard InChI is InChI=1S/C15H21ClN2O4/c1-9(17-14(20)22-15(2,3)4)13(19)18-10-6-7-12(21-5)11(16)8-10/h6-9H,1-5H3,(H,17,20)(H,18,19)/t9-/m1/s1. The lowest BCUT2D eigenvalue weighted by Gasteiger charge is -2.21. The van der Waals surface area contributed by atoms with Gasteiger partial charge in [0.1, 0.15) is 17.4 Å². The number of methoxy groups -OCH3 is 1. The van der Waals surface area contributed by atoms with Gasteiger partial charge in [-0.1, -0.05) is 11.6 Å². The average molecular weight is 329 g/mol. The topological polar surface area (TPSA) is 76.7 Å². The molecule has 122 valence electrons. The fraction of sp³-hybridized carbons (Fsp3) is 0.467. The molecule has 7 heteroatoms. The van der Waals surface area contributed by atoms with Crippen LogP contribution in [-0.2, 0) is 9.53 Å². The summed E-state index contributed by atoms with van der Waals surface area (Å²) in [5.74, 6) is 0.131. The summed E-state index contributed by atoms with van der Waals surface area (Å²) in [7, 11) is 1.51. The molecular formula is C15H21ClN2O4. The van der Waals surface area contributed by atoms with Crippen molar-refractivity contribution in [2.75, 3.05) is 12.4 Å². The van der Waals surface area contributed by atoms with Crippen LogP contribution in [-0.4, -0.2) is 30.8 Å². The van der Waals surface area contributed by atoms with Crippen molar-refractivity contribution >= 4 is 29.3 Å². The number of amides is 2. The number of halogens is 1. The smallest absolute Gasteiger partial charge is 0.408 e. The maximum atomic E-state index is 12.0. The van der Waals surface area contributed by atoms with E-state index in [0.29, 0.717) is 16.5 Å². The molecule has 2 N–H and O–H groups in total. The Morgan fingerprint density at radius 2 is 1.91 bits per heavy atom. The van der Waals surface area contributed by atoms with Crippen LogP contribution in [0.25, 0.3) is 0 Å². The van der Waals surface area contributed by atoms with Crippen molar-refractivity contribution < 1.29 is 19.1 Å². The Balaban J connectivity index is 2.61. The largest absolute Gasteiger partial charge is 0.495 e. The summed E-state index contributed by atoms with van der Waals surface area (Å²) in [6.07, 6.45) is -0.650. The van der Waals surface area contributed by atoms with Crippen LogP contribution in [0.3, 0.4) is 0 Å². The third-order valence-corrected chi connectivity index (χ3v) is 2.84. The minimum Gasteiger partial charge on any atom is -0.495 e. The quantitative estimate of drug-likeness (QED) is 0.889. The van der Waals surface area contributed by atoms with Gasteiger partial charge >= 0.3 is 6.09 Å². The first-order valence-corrected chi connectivity index (χ1v) is 7.14. The molecule has 1 aromatic carbocycles. The zero-order chi connectivity index (χ0) is 16.9. The van der Waals surface area contributed by atoms with Gasteiger partial charge in [0, 0.05) is 5.69 Å². The normalized spacial score (nSPS) is 12.3. The number of nitrogens with one attached hydrogen (secondary N) is 2. The first-order valence-electron chi connectivity index (χ1n) is 6.76. The van der Waals surface area contributed by atoms with E-state index in [2.05, 4.69) is 10.6 Å². The number of rotatable bonds is 4. The summed E-state index contributed by atoms with van der Waals surface area (Å²) < 4.78 is 10.1. The van der Waals surface area contributed by atoms with Gasteiger partial charge in [0.05, 0.1) is 12.1 Å². The second-order valence-electron chi connectivity index (χ2n) is 5.71. The van der Waals surface area contributed by atoms with Gasteiger partial charge in [-0.05, 0) is 45.9 Å². The molecule has 0 radical (unpaired) electrons. The molecule has 2 amide bonds. The third kappa shape index (κ3) is 5.81. The molecule has 0 aliphatic rings. The molecular weight excluding hydrogens is 308 g/mol. The van der Waals surface area contributed by atoms with Gasteiger partial charge in [0.15, 0.2) is 0 Å². The highest BCUT2D eigenvalue weighted by Gasteiger charge is 2.21. The van der Waals surface area contributed by atoms with E-state index >= 15 is 0 Å². The first kappa shape index (κ1) is 18.1. The maximum Gasteiger partial charge on any atom is 0.408 e. The Morgan fingerprint density at radius 3 is 2.41 bits per heavy atom. The van der Waals surface area contributed by atoms with Crippen molar-refractivity contribution in [1.82, 2.24) is 5.32 Å². The number of hydrogen-bond acceptors (Lipinski definition) is 4. The van der Waals surface area contributed by atoms with Crippen LogP contribution in [0.5, 0.6) is 5.75 Å². The molecule has 1 rings (SSSR count). The lowest BCUT2D eigenvalue weighted by molar-refractivity contribution is -0.117. The Labute approximate surface area is 135 Å². The van der Waals surface area contributed by atoms with Crippen LogP contribution in [0.1, 0.15) is 27.7 Å². The molecule has 0 saturated heterocycles. The van der Waals surface area contributed by atoms with Crippen molar-refractivity contribution in [2.45, 2.75) is 39.3 Å². The Bertz CT molecular complexity index is 555. The van der Waals surface area contributed by atoms with Gasteiger partial charge in [0.2, 0.25) is 5.91 Å². The Morgan fingerprint density at radius 1 is 1.27 bits per heavy atom. The fourth-order valence-corrected chi connectivity index (χ4v) is 1.80. The predicted octanol–water partition coefficient (Wildman–Crippen LogP) is 3.20. The van der Waals surface area contributed by atoms with Crippen LogP contribution >= 0.6 is 11.6 Å². The molecule has 1 aromatic rings. The van der Waals surface area contributed by atoms with Crippen molar-refractivity contribution in [2.24, 2.45) is 0 Å². The van der Waals surface area contributed by atoms with Crippen LogP contribution in [0.2, 0.25) is 5.02 Å². The van der Waals surface area contributed by atoms with Gasteiger partial charge in [-0.2, -0.15) is 0 Å². The van der Waals surface area contributed by atoms with Crippen molar-refractivity contribution in [1.29, 1.82) is 0 Å². The molecule has 22 heavy (non-hydrogen) atoms. The third-order valence-electron chi connectivity index (χ3n) is 2.55. The van der Waals surface area contributed by atoms with Crippen molar-refractivity contribution in [3.05, 3.63) is 23.2 Å². The predicted molar refractivity (Wildman–Crippen MR) is 85.5 cm³/mol. The molecule has 1 atom stereocenters. The van der Waals surface area contributed by atoms with Crippen LogP contribution in [0.15, 0.2) is 18.2 Å². The number of alkyl carbamates (subject to hydrolysis) is 1. The number of anilines is 1. The zero-order valence-electron chi connectivity index (χ0n) is 13.3. The monoisotopic (exact) mass is 328 g/mol. The molecule has 0 heterocycles. The highest BCUT2D eigenvalue weighted by atomic mass is 35.5. The summed E-state index contributed by atoms with van der Waals surface area (Å²) in [5.41, 5.74) is -0.113. The summed E-state index contributed by atoms with van der Waals surface area (Å²) in [6, 6.07) is 4.11. The minimum absolute atomic E-state index is 0.382.